The topological polar surface area (TPSA) is 84.3 Å². The number of rotatable bonds is 8. The van der Waals surface area contributed by atoms with Crippen LogP contribution >= 0.6 is 11.6 Å². The van der Waals surface area contributed by atoms with Gasteiger partial charge in [0.05, 0.1) is 24.2 Å². The van der Waals surface area contributed by atoms with Gasteiger partial charge in [-0.15, -0.1) is 0 Å². The number of carbonyl (C=O) groups is 1. The Morgan fingerprint density at radius 2 is 1.70 bits per heavy atom. The molecule has 3 aromatic rings. The van der Waals surface area contributed by atoms with Crippen LogP contribution in [0.2, 0.25) is 5.02 Å². The average Bonchev–Trinajstić information content (AvgIpc) is 3.15. The average molecular weight is 447 g/mol. The van der Waals surface area contributed by atoms with Crippen molar-refractivity contribution in [1.82, 2.24) is 14.1 Å². The van der Waals surface area contributed by atoms with E-state index in [1.165, 1.54) is 36.9 Å². The number of anilines is 1. The maximum absolute atomic E-state index is 12.6. The molecule has 0 unspecified atom stereocenters. The number of sulfonamides is 1. The monoisotopic (exact) mass is 446 g/mol. The van der Waals surface area contributed by atoms with Gasteiger partial charge >= 0.3 is 0 Å². The molecule has 30 heavy (non-hydrogen) atoms. The van der Waals surface area contributed by atoms with Crippen molar-refractivity contribution in [2.24, 2.45) is 0 Å². The molecule has 0 bridgehead atoms. The van der Waals surface area contributed by atoms with Crippen LogP contribution in [0.15, 0.2) is 65.7 Å². The van der Waals surface area contributed by atoms with Crippen molar-refractivity contribution in [3.63, 3.8) is 0 Å². The summed E-state index contributed by atoms with van der Waals surface area (Å²) < 4.78 is 27.9. The second-order valence-electron chi connectivity index (χ2n) is 6.81. The first kappa shape index (κ1) is 22.0. The van der Waals surface area contributed by atoms with Gasteiger partial charge in [-0.1, -0.05) is 42.8 Å². The fourth-order valence-electron chi connectivity index (χ4n) is 2.87. The zero-order valence-electron chi connectivity index (χ0n) is 16.7. The number of aromatic nitrogens is 2. The highest BCUT2D eigenvalue weighted by molar-refractivity contribution is 7.89. The van der Waals surface area contributed by atoms with E-state index in [0.717, 1.165) is 16.3 Å². The van der Waals surface area contributed by atoms with Crippen LogP contribution < -0.4 is 5.32 Å². The van der Waals surface area contributed by atoms with E-state index in [-0.39, 0.29) is 11.4 Å². The maximum atomic E-state index is 12.6. The maximum Gasteiger partial charge on any atom is 0.243 e. The molecule has 0 aliphatic rings. The van der Waals surface area contributed by atoms with Crippen molar-refractivity contribution in [3.05, 3.63) is 76.9 Å². The zero-order chi connectivity index (χ0) is 21.7. The number of hydrogen-bond donors (Lipinski definition) is 1. The molecule has 0 saturated heterocycles. The van der Waals surface area contributed by atoms with E-state index in [2.05, 4.69) is 29.5 Å². The highest BCUT2D eigenvalue weighted by Crippen LogP contribution is 2.18. The fourth-order valence-corrected chi connectivity index (χ4v) is 4.13. The van der Waals surface area contributed by atoms with Crippen molar-refractivity contribution in [2.75, 3.05) is 18.9 Å². The summed E-state index contributed by atoms with van der Waals surface area (Å²) in [5.41, 5.74) is 2.30. The highest BCUT2D eigenvalue weighted by atomic mass is 35.5. The standard InChI is InChI=1S/C21H23ClN4O3S/c1-3-16-4-6-17(7-5-16)14-26-20(12-13-23-26)24-21(27)15-25(2)30(28,29)19-10-8-18(22)9-11-19/h4-13H,3,14-15H2,1-2H3,(H,24,27). The summed E-state index contributed by atoms with van der Waals surface area (Å²) in [6.45, 7) is 2.26. The van der Waals surface area contributed by atoms with E-state index in [1.807, 2.05) is 12.1 Å². The summed E-state index contributed by atoms with van der Waals surface area (Å²) >= 11 is 5.81. The van der Waals surface area contributed by atoms with Gasteiger partial charge in [-0.3, -0.25) is 4.79 Å². The normalized spacial score (nSPS) is 11.6. The first-order chi connectivity index (χ1) is 14.3. The van der Waals surface area contributed by atoms with Crippen LogP contribution in [0.4, 0.5) is 5.82 Å². The van der Waals surface area contributed by atoms with Gasteiger partial charge in [0.1, 0.15) is 5.82 Å². The molecule has 0 radical (unpaired) electrons. The molecule has 9 heteroatoms. The van der Waals surface area contributed by atoms with Gasteiger partial charge in [0.25, 0.3) is 0 Å². The molecule has 0 fully saturated rings. The van der Waals surface area contributed by atoms with Crippen LogP contribution in [0, 0.1) is 0 Å². The first-order valence-corrected chi connectivity index (χ1v) is 11.2. The van der Waals surface area contributed by atoms with Gasteiger partial charge in [-0.2, -0.15) is 9.40 Å². The summed E-state index contributed by atoms with van der Waals surface area (Å²) in [5.74, 6) is 0.0370. The highest BCUT2D eigenvalue weighted by Gasteiger charge is 2.23. The zero-order valence-corrected chi connectivity index (χ0v) is 18.3. The number of nitrogens with one attached hydrogen (secondary N) is 1. The minimum Gasteiger partial charge on any atom is -0.310 e. The Hall–Kier alpha value is -2.68. The molecule has 1 aromatic heterocycles. The van der Waals surface area contributed by atoms with E-state index in [9.17, 15) is 13.2 Å². The lowest BCUT2D eigenvalue weighted by atomic mass is 10.1. The van der Waals surface area contributed by atoms with Gasteiger partial charge in [0, 0.05) is 18.1 Å². The lowest BCUT2D eigenvalue weighted by molar-refractivity contribution is -0.116. The van der Waals surface area contributed by atoms with Crippen LogP contribution in [0.3, 0.4) is 0 Å². The van der Waals surface area contributed by atoms with Crippen molar-refractivity contribution in [1.29, 1.82) is 0 Å². The number of nitrogens with zero attached hydrogens (tertiary/aromatic N) is 3. The van der Waals surface area contributed by atoms with Gasteiger partial charge in [-0.05, 0) is 41.8 Å². The molecule has 7 nitrogen and oxygen atoms in total. The Balaban J connectivity index is 1.65. The van der Waals surface area contributed by atoms with Crippen LogP contribution in [0.25, 0.3) is 0 Å². The fraction of sp³-hybridized carbons (Fsp3) is 0.238. The molecule has 1 heterocycles. The van der Waals surface area contributed by atoms with E-state index >= 15 is 0 Å². The van der Waals surface area contributed by atoms with Gasteiger partial charge < -0.3 is 5.32 Å². The number of benzene rings is 2. The van der Waals surface area contributed by atoms with E-state index in [4.69, 9.17) is 11.6 Å². The SMILES string of the molecule is CCc1ccc(Cn2nccc2NC(=O)CN(C)S(=O)(=O)c2ccc(Cl)cc2)cc1. The van der Waals surface area contributed by atoms with Crippen molar-refractivity contribution >= 4 is 33.3 Å². The van der Waals surface area contributed by atoms with Gasteiger partial charge in [0.15, 0.2) is 0 Å². The van der Waals surface area contributed by atoms with Crippen molar-refractivity contribution in [3.8, 4) is 0 Å². The third kappa shape index (κ3) is 5.27. The molecule has 1 amide bonds. The van der Waals surface area contributed by atoms with Crippen molar-refractivity contribution < 1.29 is 13.2 Å². The molecule has 0 spiro atoms. The predicted molar refractivity (Wildman–Crippen MR) is 117 cm³/mol. The molecule has 0 saturated carbocycles. The number of hydrogen-bond acceptors (Lipinski definition) is 4. The third-order valence-corrected chi connectivity index (χ3v) is 6.71. The summed E-state index contributed by atoms with van der Waals surface area (Å²) in [5, 5.41) is 7.42. The molecule has 1 N–H and O–H groups in total. The largest absolute Gasteiger partial charge is 0.310 e. The number of amides is 1. The number of aryl methyl sites for hydroxylation is 1. The number of likely N-dealkylation sites (N-methyl/N-ethyl adjacent to an activating group) is 1. The van der Waals surface area contributed by atoms with Crippen LogP contribution in [0.1, 0.15) is 18.1 Å². The lowest BCUT2D eigenvalue weighted by Crippen LogP contribution is -2.35. The van der Waals surface area contributed by atoms with E-state index < -0.39 is 15.9 Å². The van der Waals surface area contributed by atoms with E-state index in [0.29, 0.717) is 17.4 Å². The Kier molecular flexibility index (Phi) is 6.91. The summed E-state index contributed by atoms with van der Waals surface area (Å²) in [6.07, 6.45) is 2.56. The molecular formula is C21H23ClN4O3S. The van der Waals surface area contributed by atoms with Crippen molar-refractivity contribution in [2.45, 2.75) is 24.8 Å². The minimum absolute atomic E-state index is 0.0720. The number of halogens is 1. The third-order valence-electron chi connectivity index (χ3n) is 4.64. The molecule has 2 aromatic carbocycles. The molecule has 3 rings (SSSR count). The van der Waals surface area contributed by atoms with Gasteiger partial charge in [-0.25, -0.2) is 13.1 Å². The smallest absolute Gasteiger partial charge is 0.243 e. The summed E-state index contributed by atoms with van der Waals surface area (Å²) in [4.78, 5) is 12.5. The lowest BCUT2D eigenvalue weighted by Gasteiger charge is -2.17. The second kappa shape index (κ2) is 9.42. The number of carbonyl (C=O) groups excluding carboxylic acids is 1. The second-order valence-corrected chi connectivity index (χ2v) is 9.29. The molecule has 0 aliphatic carbocycles. The Morgan fingerprint density at radius 3 is 2.33 bits per heavy atom. The molecule has 0 aliphatic heterocycles. The van der Waals surface area contributed by atoms with Crippen LogP contribution in [-0.2, 0) is 27.8 Å². The first-order valence-electron chi connectivity index (χ1n) is 9.41. The molecule has 158 valence electrons. The quantitative estimate of drug-likeness (QED) is 0.574. The predicted octanol–water partition coefficient (Wildman–Crippen LogP) is 3.41. The Morgan fingerprint density at radius 1 is 1.07 bits per heavy atom. The van der Waals surface area contributed by atoms with Gasteiger partial charge in [0.2, 0.25) is 15.9 Å². The Bertz CT molecular complexity index is 1110. The molecule has 0 atom stereocenters. The minimum atomic E-state index is -3.80. The Labute approximate surface area is 181 Å². The summed E-state index contributed by atoms with van der Waals surface area (Å²) in [7, 11) is -2.45. The van der Waals surface area contributed by atoms with E-state index in [1.54, 1.807) is 16.9 Å². The summed E-state index contributed by atoms with van der Waals surface area (Å²) in [6, 6.07) is 15.7. The van der Waals surface area contributed by atoms with Crippen LogP contribution in [-0.4, -0.2) is 42.0 Å². The molecular weight excluding hydrogens is 424 g/mol. The van der Waals surface area contributed by atoms with Crippen LogP contribution in [0.5, 0.6) is 0 Å².